The summed E-state index contributed by atoms with van der Waals surface area (Å²) in [6, 6.07) is 18.3. The molecule has 5 heteroatoms. The van der Waals surface area contributed by atoms with Gasteiger partial charge in [-0.25, -0.2) is 4.39 Å². The lowest BCUT2D eigenvalue weighted by atomic mass is 10.1. The van der Waals surface area contributed by atoms with Crippen molar-refractivity contribution in [1.29, 1.82) is 0 Å². The molecule has 0 atom stereocenters. The van der Waals surface area contributed by atoms with E-state index < -0.39 is 0 Å². The SMILES string of the molecule is Cc1ccc(-c2noc(-c3cccn3Cc3ccc(F)cc3)n2)cc1. The standard InChI is InChI=1S/C20H16FN3O/c1-14-4-8-16(9-5-14)19-22-20(25-23-19)18-3-2-12-24(18)13-15-6-10-17(21)11-7-15/h2-12H,13H2,1H3. The summed E-state index contributed by atoms with van der Waals surface area (Å²) in [5.41, 5.74) is 3.92. The Hall–Kier alpha value is -3.21. The smallest absolute Gasteiger partial charge is 0.274 e. The van der Waals surface area contributed by atoms with E-state index in [0.29, 0.717) is 18.3 Å². The molecular weight excluding hydrogens is 317 g/mol. The topological polar surface area (TPSA) is 43.9 Å². The molecule has 0 aliphatic rings. The normalized spacial score (nSPS) is 11.0. The Morgan fingerprint density at radius 3 is 2.52 bits per heavy atom. The molecule has 0 radical (unpaired) electrons. The molecule has 0 saturated carbocycles. The largest absolute Gasteiger partial charge is 0.339 e. The lowest BCUT2D eigenvalue weighted by Gasteiger charge is -2.06. The highest BCUT2D eigenvalue weighted by atomic mass is 19.1. The molecule has 4 rings (SSSR count). The summed E-state index contributed by atoms with van der Waals surface area (Å²) >= 11 is 0. The van der Waals surface area contributed by atoms with E-state index in [0.717, 1.165) is 16.8 Å². The van der Waals surface area contributed by atoms with Crippen molar-refractivity contribution in [3.8, 4) is 23.0 Å². The van der Waals surface area contributed by atoms with E-state index in [1.807, 2.05) is 54.1 Å². The van der Waals surface area contributed by atoms with Gasteiger partial charge in [-0.15, -0.1) is 0 Å². The summed E-state index contributed by atoms with van der Waals surface area (Å²) in [5.74, 6) is 0.781. The van der Waals surface area contributed by atoms with Crippen molar-refractivity contribution in [3.63, 3.8) is 0 Å². The summed E-state index contributed by atoms with van der Waals surface area (Å²) < 4.78 is 20.5. The molecule has 4 aromatic rings. The van der Waals surface area contributed by atoms with Gasteiger partial charge in [0.25, 0.3) is 5.89 Å². The molecule has 0 spiro atoms. The van der Waals surface area contributed by atoms with E-state index in [1.165, 1.54) is 17.7 Å². The van der Waals surface area contributed by atoms with Crippen LogP contribution in [0.4, 0.5) is 4.39 Å². The average molecular weight is 333 g/mol. The Labute approximate surface area is 144 Å². The zero-order valence-electron chi connectivity index (χ0n) is 13.7. The highest BCUT2D eigenvalue weighted by molar-refractivity contribution is 5.58. The van der Waals surface area contributed by atoms with Crippen molar-refractivity contribution in [2.24, 2.45) is 0 Å². The second-order valence-electron chi connectivity index (χ2n) is 5.94. The summed E-state index contributed by atoms with van der Waals surface area (Å²) in [6.45, 7) is 2.64. The lowest BCUT2D eigenvalue weighted by Crippen LogP contribution is -2.00. The Bertz CT molecular complexity index is 984. The molecule has 0 N–H and O–H groups in total. The van der Waals surface area contributed by atoms with E-state index in [4.69, 9.17) is 4.52 Å². The van der Waals surface area contributed by atoms with Crippen LogP contribution < -0.4 is 0 Å². The Morgan fingerprint density at radius 2 is 1.76 bits per heavy atom. The molecule has 4 nitrogen and oxygen atoms in total. The number of aryl methyl sites for hydroxylation is 1. The van der Waals surface area contributed by atoms with Crippen LogP contribution in [0.5, 0.6) is 0 Å². The van der Waals surface area contributed by atoms with Crippen LogP contribution in [0, 0.1) is 12.7 Å². The van der Waals surface area contributed by atoms with Gasteiger partial charge in [-0.3, -0.25) is 0 Å². The summed E-state index contributed by atoms with van der Waals surface area (Å²) in [4.78, 5) is 4.51. The maximum absolute atomic E-state index is 13.1. The molecule has 2 heterocycles. The van der Waals surface area contributed by atoms with Crippen LogP contribution in [0.3, 0.4) is 0 Å². The molecule has 0 aliphatic carbocycles. The Balaban J connectivity index is 1.62. The van der Waals surface area contributed by atoms with Gasteiger partial charge in [-0.05, 0) is 36.8 Å². The average Bonchev–Trinajstić information content (AvgIpc) is 3.27. The van der Waals surface area contributed by atoms with Crippen LogP contribution in [-0.2, 0) is 6.54 Å². The maximum atomic E-state index is 13.1. The van der Waals surface area contributed by atoms with Gasteiger partial charge in [0.1, 0.15) is 11.5 Å². The molecule has 124 valence electrons. The second kappa shape index (κ2) is 6.36. The fourth-order valence-corrected chi connectivity index (χ4v) is 2.68. The van der Waals surface area contributed by atoms with E-state index in [1.54, 1.807) is 12.1 Å². The van der Waals surface area contributed by atoms with Crippen LogP contribution in [0.1, 0.15) is 11.1 Å². The number of nitrogens with zero attached hydrogens (tertiary/aromatic N) is 3. The van der Waals surface area contributed by atoms with Gasteiger partial charge in [0.15, 0.2) is 0 Å². The van der Waals surface area contributed by atoms with Crippen LogP contribution in [0.25, 0.3) is 23.0 Å². The molecule has 2 aromatic carbocycles. The fourth-order valence-electron chi connectivity index (χ4n) is 2.68. The summed E-state index contributed by atoms with van der Waals surface area (Å²) in [6.07, 6.45) is 1.94. The molecule has 25 heavy (non-hydrogen) atoms. The van der Waals surface area contributed by atoms with Gasteiger partial charge in [0.2, 0.25) is 5.82 Å². The lowest BCUT2D eigenvalue weighted by molar-refractivity contribution is 0.429. The zero-order valence-corrected chi connectivity index (χ0v) is 13.7. The van der Waals surface area contributed by atoms with Gasteiger partial charge in [-0.2, -0.15) is 4.98 Å². The summed E-state index contributed by atoms with van der Waals surface area (Å²) in [7, 11) is 0. The molecular formula is C20H16FN3O. The number of rotatable bonds is 4. The first-order chi connectivity index (χ1) is 12.2. The minimum atomic E-state index is -0.240. The van der Waals surface area contributed by atoms with Gasteiger partial charge in [0, 0.05) is 18.3 Å². The number of hydrogen-bond donors (Lipinski definition) is 0. The van der Waals surface area contributed by atoms with Gasteiger partial charge in [0.05, 0.1) is 0 Å². The van der Waals surface area contributed by atoms with Crippen molar-refractivity contribution >= 4 is 0 Å². The fraction of sp³-hybridized carbons (Fsp3) is 0.100. The first kappa shape index (κ1) is 15.3. The van der Waals surface area contributed by atoms with Crippen molar-refractivity contribution < 1.29 is 8.91 Å². The minimum absolute atomic E-state index is 0.240. The van der Waals surface area contributed by atoms with E-state index in [-0.39, 0.29) is 5.82 Å². The molecule has 0 saturated heterocycles. The highest BCUT2D eigenvalue weighted by Gasteiger charge is 2.14. The van der Waals surface area contributed by atoms with E-state index in [2.05, 4.69) is 10.1 Å². The highest BCUT2D eigenvalue weighted by Crippen LogP contribution is 2.23. The van der Waals surface area contributed by atoms with Crippen molar-refractivity contribution in [2.75, 3.05) is 0 Å². The first-order valence-corrected chi connectivity index (χ1v) is 8.00. The molecule has 0 unspecified atom stereocenters. The minimum Gasteiger partial charge on any atom is -0.339 e. The van der Waals surface area contributed by atoms with Crippen LogP contribution in [0.2, 0.25) is 0 Å². The third kappa shape index (κ3) is 3.21. The molecule has 0 amide bonds. The van der Waals surface area contributed by atoms with Crippen molar-refractivity contribution in [2.45, 2.75) is 13.5 Å². The van der Waals surface area contributed by atoms with Crippen LogP contribution in [0.15, 0.2) is 71.4 Å². The quantitative estimate of drug-likeness (QED) is 0.544. The second-order valence-corrected chi connectivity index (χ2v) is 5.94. The van der Waals surface area contributed by atoms with Crippen molar-refractivity contribution in [3.05, 3.63) is 83.8 Å². The monoisotopic (exact) mass is 333 g/mol. The van der Waals surface area contributed by atoms with E-state index in [9.17, 15) is 4.39 Å². The third-order valence-electron chi connectivity index (χ3n) is 4.05. The van der Waals surface area contributed by atoms with Crippen LogP contribution in [-0.4, -0.2) is 14.7 Å². The third-order valence-corrected chi connectivity index (χ3v) is 4.05. The maximum Gasteiger partial charge on any atom is 0.274 e. The van der Waals surface area contributed by atoms with Gasteiger partial charge < -0.3 is 9.09 Å². The first-order valence-electron chi connectivity index (χ1n) is 8.00. The van der Waals surface area contributed by atoms with Crippen LogP contribution >= 0.6 is 0 Å². The Morgan fingerprint density at radius 1 is 1.00 bits per heavy atom. The number of halogens is 1. The van der Waals surface area contributed by atoms with Gasteiger partial charge in [-0.1, -0.05) is 47.1 Å². The zero-order chi connectivity index (χ0) is 17.2. The number of aromatic nitrogens is 3. The molecule has 2 aromatic heterocycles. The van der Waals surface area contributed by atoms with E-state index >= 15 is 0 Å². The number of benzene rings is 2. The van der Waals surface area contributed by atoms with Crippen molar-refractivity contribution in [1.82, 2.24) is 14.7 Å². The predicted molar refractivity (Wildman–Crippen MR) is 93.4 cm³/mol. The predicted octanol–water partition coefficient (Wildman–Crippen LogP) is 4.70. The number of hydrogen-bond acceptors (Lipinski definition) is 3. The summed E-state index contributed by atoms with van der Waals surface area (Å²) in [5, 5.41) is 4.08. The van der Waals surface area contributed by atoms with Gasteiger partial charge >= 0.3 is 0 Å². The molecule has 0 fully saturated rings. The Kier molecular flexibility index (Phi) is 3.90. The molecule has 0 bridgehead atoms. The molecule has 0 aliphatic heterocycles.